The van der Waals surface area contributed by atoms with Crippen molar-refractivity contribution in [2.75, 3.05) is 13.2 Å². The van der Waals surface area contributed by atoms with Gasteiger partial charge in [-0.15, -0.1) is 0 Å². The largest absolute Gasteiger partial charge is 0.444 e. The summed E-state index contributed by atoms with van der Waals surface area (Å²) in [6.07, 6.45) is -0.394. The Balaban J connectivity index is 1.79. The Kier molecular flexibility index (Phi) is 4.85. The van der Waals surface area contributed by atoms with Gasteiger partial charge >= 0.3 is 6.09 Å². The molecule has 0 aromatic heterocycles. The molecule has 2 rings (SSSR count). The highest BCUT2D eigenvalue weighted by Gasteiger charge is 2.52. The van der Waals surface area contributed by atoms with Crippen LogP contribution in [-0.2, 0) is 16.1 Å². The molecule has 0 unspecified atom stereocenters. The maximum absolute atomic E-state index is 12.0. The summed E-state index contributed by atoms with van der Waals surface area (Å²) in [5, 5.41) is 9.31. The molecule has 1 heterocycles. The predicted octanol–water partition coefficient (Wildman–Crippen LogP) is 2.18. The fourth-order valence-electron chi connectivity index (χ4n) is 2.19. The molecule has 0 spiro atoms. The molecule has 1 aromatic rings. The van der Waals surface area contributed by atoms with E-state index in [0.717, 1.165) is 5.56 Å². The van der Waals surface area contributed by atoms with Crippen molar-refractivity contribution < 1.29 is 19.4 Å². The van der Waals surface area contributed by atoms with E-state index in [9.17, 15) is 9.90 Å². The quantitative estimate of drug-likeness (QED) is 0.845. The van der Waals surface area contributed by atoms with Crippen molar-refractivity contribution in [1.29, 1.82) is 0 Å². The third-order valence-corrected chi connectivity index (χ3v) is 3.26. The van der Waals surface area contributed by atoms with E-state index in [1.807, 2.05) is 51.1 Å². The first-order valence-corrected chi connectivity index (χ1v) is 7.16. The van der Waals surface area contributed by atoms with Crippen LogP contribution in [0.4, 0.5) is 4.79 Å². The summed E-state index contributed by atoms with van der Waals surface area (Å²) in [5.41, 5.74) is 0.553. The summed E-state index contributed by atoms with van der Waals surface area (Å²) >= 11 is 0. The fraction of sp³-hybridized carbons (Fsp3) is 0.562. The van der Waals surface area contributed by atoms with Crippen molar-refractivity contribution in [3.8, 4) is 0 Å². The van der Waals surface area contributed by atoms with Crippen LogP contribution in [0.2, 0.25) is 0 Å². The van der Waals surface area contributed by atoms with Gasteiger partial charge in [0.2, 0.25) is 0 Å². The van der Waals surface area contributed by atoms with Gasteiger partial charge in [0.25, 0.3) is 0 Å². The van der Waals surface area contributed by atoms with Gasteiger partial charge in [-0.3, -0.25) is 4.90 Å². The van der Waals surface area contributed by atoms with E-state index in [2.05, 4.69) is 0 Å². The van der Waals surface area contributed by atoms with Crippen LogP contribution in [0.25, 0.3) is 0 Å². The second kappa shape index (κ2) is 6.45. The number of hydrogen-bond acceptors (Lipinski definition) is 4. The van der Waals surface area contributed by atoms with E-state index in [-0.39, 0.29) is 18.7 Å². The number of amides is 1. The summed E-state index contributed by atoms with van der Waals surface area (Å²) in [5.74, 6) is 0. The van der Waals surface area contributed by atoms with Crippen molar-refractivity contribution in [2.24, 2.45) is 0 Å². The van der Waals surface area contributed by atoms with Gasteiger partial charge in [-0.25, -0.2) is 4.79 Å². The molecule has 1 saturated heterocycles. The molecule has 2 atom stereocenters. The Bertz CT molecular complexity index is 469. The number of ether oxygens (including phenoxy) is 2. The number of carbonyl (C=O) groups excluding carboxylic acids is 1. The van der Waals surface area contributed by atoms with E-state index < -0.39 is 11.7 Å². The summed E-state index contributed by atoms with van der Waals surface area (Å²) in [6, 6.07) is 9.54. The van der Waals surface area contributed by atoms with Crippen LogP contribution in [0.1, 0.15) is 26.3 Å². The monoisotopic (exact) mass is 293 g/mol. The molecular formula is C16H23NO4. The first-order chi connectivity index (χ1) is 9.92. The number of carbonyl (C=O) groups is 1. The summed E-state index contributed by atoms with van der Waals surface area (Å²) in [4.78, 5) is 13.5. The minimum absolute atomic E-state index is 0.0708. The zero-order valence-corrected chi connectivity index (χ0v) is 12.8. The molecule has 1 aliphatic heterocycles. The van der Waals surface area contributed by atoms with Crippen LogP contribution in [0.3, 0.4) is 0 Å². The van der Waals surface area contributed by atoms with Crippen LogP contribution < -0.4 is 0 Å². The van der Waals surface area contributed by atoms with Crippen LogP contribution >= 0.6 is 0 Å². The third kappa shape index (κ3) is 4.44. The van der Waals surface area contributed by atoms with E-state index in [1.54, 1.807) is 0 Å². The van der Waals surface area contributed by atoms with Crippen molar-refractivity contribution in [3.63, 3.8) is 0 Å². The Morgan fingerprint density at radius 3 is 2.48 bits per heavy atom. The number of benzene rings is 1. The van der Waals surface area contributed by atoms with E-state index in [1.165, 1.54) is 4.90 Å². The molecule has 21 heavy (non-hydrogen) atoms. The zero-order valence-electron chi connectivity index (χ0n) is 12.8. The number of aliphatic hydroxyl groups is 1. The average Bonchev–Trinajstić information content (AvgIpc) is 3.11. The minimum atomic E-state index is -0.533. The molecular weight excluding hydrogens is 270 g/mol. The molecule has 1 amide bonds. The standard InChI is InChI=1S/C16H23NO4/c1-16(2,3)21-15(19)17-13(9-18)14(17)11-20-10-12-7-5-4-6-8-12/h4-8,13-14,18H,9-11H2,1-3H3/t13-,14+,17?/m0/s1. The van der Waals surface area contributed by atoms with E-state index in [4.69, 9.17) is 9.47 Å². The second-order valence-corrected chi connectivity index (χ2v) is 6.21. The lowest BCUT2D eigenvalue weighted by atomic mass is 10.2. The van der Waals surface area contributed by atoms with Gasteiger partial charge < -0.3 is 14.6 Å². The average molecular weight is 293 g/mol. The van der Waals surface area contributed by atoms with Gasteiger partial charge in [-0.05, 0) is 26.3 Å². The molecule has 0 radical (unpaired) electrons. The molecule has 0 saturated carbocycles. The molecule has 1 fully saturated rings. The number of aliphatic hydroxyl groups excluding tert-OH is 1. The second-order valence-electron chi connectivity index (χ2n) is 6.21. The van der Waals surface area contributed by atoms with Gasteiger partial charge in [-0.2, -0.15) is 0 Å². The first kappa shape index (κ1) is 15.8. The topological polar surface area (TPSA) is 58.8 Å². The minimum Gasteiger partial charge on any atom is -0.444 e. The number of rotatable bonds is 5. The van der Waals surface area contributed by atoms with Gasteiger partial charge in [0, 0.05) is 0 Å². The van der Waals surface area contributed by atoms with Crippen molar-refractivity contribution in [3.05, 3.63) is 35.9 Å². The SMILES string of the molecule is CC(C)(C)OC(=O)N1[C@H](COCc2ccccc2)[C@@H]1CO. The molecule has 1 aromatic carbocycles. The fourth-order valence-corrected chi connectivity index (χ4v) is 2.19. The molecule has 0 aliphatic carbocycles. The summed E-state index contributed by atoms with van der Waals surface area (Å²) in [7, 11) is 0. The van der Waals surface area contributed by atoms with Crippen LogP contribution in [0, 0.1) is 0 Å². The van der Waals surface area contributed by atoms with Gasteiger partial charge in [0.05, 0.1) is 31.9 Å². The Labute approximate surface area is 125 Å². The molecule has 116 valence electrons. The number of hydrogen-bond donors (Lipinski definition) is 1. The van der Waals surface area contributed by atoms with Crippen molar-refractivity contribution in [1.82, 2.24) is 4.90 Å². The highest BCUT2D eigenvalue weighted by atomic mass is 16.6. The maximum Gasteiger partial charge on any atom is 0.411 e. The van der Waals surface area contributed by atoms with E-state index >= 15 is 0 Å². The molecule has 1 N–H and O–H groups in total. The first-order valence-electron chi connectivity index (χ1n) is 7.16. The van der Waals surface area contributed by atoms with Crippen molar-refractivity contribution in [2.45, 2.75) is 45.1 Å². The van der Waals surface area contributed by atoms with Crippen molar-refractivity contribution >= 4 is 6.09 Å². The predicted molar refractivity (Wildman–Crippen MR) is 78.8 cm³/mol. The molecule has 0 bridgehead atoms. The van der Waals surface area contributed by atoms with E-state index in [0.29, 0.717) is 13.2 Å². The van der Waals surface area contributed by atoms with Crippen LogP contribution in [0.15, 0.2) is 30.3 Å². The third-order valence-electron chi connectivity index (χ3n) is 3.26. The lowest BCUT2D eigenvalue weighted by molar-refractivity contribution is 0.0353. The summed E-state index contributed by atoms with van der Waals surface area (Å²) < 4.78 is 10.9. The molecule has 5 nitrogen and oxygen atoms in total. The highest BCUT2D eigenvalue weighted by molar-refractivity contribution is 5.72. The van der Waals surface area contributed by atoms with Crippen LogP contribution in [-0.4, -0.2) is 47.0 Å². The summed E-state index contributed by atoms with van der Waals surface area (Å²) in [6.45, 7) is 6.30. The smallest absolute Gasteiger partial charge is 0.411 e. The Morgan fingerprint density at radius 2 is 1.90 bits per heavy atom. The lowest BCUT2D eigenvalue weighted by Gasteiger charge is -2.20. The lowest BCUT2D eigenvalue weighted by Crippen LogP contribution is -2.29. The Morgan fingerprint density at radius 1 is 1.24 bits per heavy atom. The van der Waals surface area contributed by atoms with Gasteiger partial charge in [0.1, 0.15) is 5.60 Å². The van der Waals surface area contributed by atoms with Gasteiger partial charge in [0.15, 0.2) is 0 Å². The van der Waals surface area contributed by atoms with Gasteiger partial charge in [-0.1, -0.05) is 30.3 Å². The number of nitrogens with zero attached hydrogens (tertiary/aromatic N) is 1. The highest BCUT2D eigenvalue weighted by Crippen LogP contribution is 2.30. The zero-order chi connectivity index (χ0) is 15.5. The molecule has 1 aliphatic rings. The Hall–Kier alpha value is -1.59. The van der Waals surface area contributed by atoms with Crippen LogP contribution in [0.5, 0.6) is 0 Å². The maximum atomic E-state index is 12.0. The normalized spacial score (nSPS) is 21.2. The molecule has 5 heteroatoms.